The smallest absolute Gasteiger partial charge is 0.150 e. The summed E-state index contributed by atoms with van der Waals surface area (Å²) in [4.78, 5) is 21.2. The minimum absolute atomic E-state index is 0.130. The highest BCUT2D eigenvalue weighted by molar-refractivity contribution is 9.10. The molecule has 0 saturated carbocycles. The van der Waals surface area contributed by atoms with Crippen LogP contribution < -0.4 is 9.84 Å². The van der Waals surface area contributed by atoms with E-state index in [1.807, 2.05) is 0 Å². The van der Waals surface area contributed by atoms with Gasteiger partial charge in [-0.05, 0) is 45.3 Å². The first-order chi connectivity index (χ1) is 9.60. The number of benzene rings is 2. The molecular weight excluding hydrogens is 324 g/mol. The summed E-state index contributed by atoms with van der Waals surface area (Å²) in [7, 11) is 0. The van der Waals surface area contributed by atoms with Crippen molar-refractivity contribution in [1.29, 1.82) is 0 Å². The fourth-order valence-corrected chi connectivity index (χ4v) is 2.12. The van der Waals surface area contributed by atoms with Crippen molar-refractivity contribution in [2.75, 3.05) is 0 Å². The number of carboxylic acid groups (broad SMARTS) is 1. The molecule has 2 aromatic rings. The molecule has 0 amide bonds. The van der Waals surface area contributed by atoms with Crippen molar-refractivity contribution in [2.24, 2.45) is 0 Å². The number of aromatic carboxylic acids is 1. The first-order valence-corrected chi connectivity index (χ1v) is 6.57. The van der Waals surface area contributed by atoms with Crippen LogP contribution in [0.2, 0.25) is 0 Å². The summed E-state index contributed by atoms with van der Waals surface area (Å²) in [5.41, 5.74) is 1.52. The zero-order valence-corrected chi connectivity index (χ0v) is 11.9. The maximum atomic E-state index is 10.6. The Balaban J connectivity index is 2.05. The Morgan fingerprint density at radius 1 is 1.20 bits per heavy atom. The molecule has 0 heterocycles. The second-order valence-electron chi connectivity index (χ2n) is 4.08. The zero-order chi connectivity index (χ0) is 14.5. The zero-order valence-electron chi connectivity index (χ0n) is 10.3. The van der Waals surface area contributed by atoms with Gasteiger partial charge in [0.25, 0.3) is 0 Å². The summed E-state index contributed by atoms with van der Waals surface area (Å²) in [6, 6.07) is 11.3. The molecule has 0 aromatic heterocycles. The molecule has 0 saturated heterocycles. The number of carbonyl (C=O) groups is 2. The van der Waals surface area contributed by atoms with Gasteiger partial charge in [-0.3, -0.25) is 4.79 Å². The van der Waals surface area contributed by atoms with Gasteiger partial charge < -0.3 is 14.6 Å². The third kappa shape index (κ3) is 3.45. The van der Waals surface area contributed by atoms with Crippen molar-refractivity contribution in [3.05, 3.63) is 63.6 Å². The Bertz CT molecular complexity index is 635. The van der Waals surface area contributed by atoms with Gasteiger partial charge in [0.05, 0.1) is 10.4 Å². The van der Waals surface area contributed by atoms with Crippen LogP contribution in [0.4, 0.5) is 0 Å². The maximum absolute atomic E-state index is 10.6. The number of rotatable bonds is 5. The van der Waals surface area contributed by atoms with E-state index in [0.717, 1.165) is 11.8 Å². The van der Waals surface area contributed by atoms with Gasteiger partial charge in [0.15, 0.2) is 0 Å². The third-order valence-electron chi connectivity index (χ3n) is 2.68. The molecule has 0 spiro atoms. The standard InChI is InChI=1S/C15H11BrO4/c16-13-7-11(8-17)3-6-14(13)20-9-10-1-4-12(5-2-10)15(18)19/h1-8H,9H2,(H,18,19)/p-1. The van der Waals surface area contributed by atoms with Crippen molar-refractivity contribution >= 4 is 28.2 Å². The lowest BCUT2D eigenvalue weighted by Crippen LogP contribution is -2.22. The summed E-state index contributed by atoms with van der Waals surface area (Å²) in [6.07, 6.45) is 0.757. The average Bonchev–Trinajstić information content (AvgIpc) is 2.46. The van der Waals surface area contributed by atoms with Gasteiger partial charge >= 0.3 is 0 Å². The molecule has 0 aliphatic heterocycles. The Morgan fingerprint density at radius 2 is 1.90 bits per heavy atom. The van der Waals surface area contributed by atoms with Crippen LogP contribution in [0.1, 0.15) is 26.3 Å². The van der Waals surface area contributed by atoms with E-state index in [0.29, 0.717) is 22.4 Å². The molecule has 0 atom stereocenters. The van der Waals surface area contributed by atoms with Gasteiger partial charge in [-0.1, -0.05) is 24.3 Å². The fraction of sp³-hybridized carbons (Fsp3) is 0.0667. The highest BCUT2D eigenvalue weighted by atomic mass is 79.9. The fourth-order valence-electron chi connectivity index (χ4n) is 1.61. The van der Waals surface area contributed by atoms with E-state index in [1.165, 1.54) is 12.1 Å². The van der Waals surface area contributed by atoms with Crippen molar-refractivity contribution in [3.63, 3.8) is 0 Å². The van der Waals surface area contributed by atoms with E-state index in [4.69, 9.17) is 4.74 Å². The maximum Gasteiger partial charge on any atom is 0.150 e. The first-order valence-electron chi connectivity index (χ1n) is 5.78. The molecule has 0 radical (unpaired) electrons. The lowest BCUT2D eigenvalue weighted by atomic mass is 10.1. The van der Waals surface area contributed by atoms with E-state index in [2.05, 4.69) is 15.9 Å². The van der Waals surface area contributed by atoms with Crippen LogP contribution in [-0.4, -0.2) is 12.3 Å². The van der Waals surface area contributed by atoms with Gasteiger partial charge in [0.2, 0.25) is 0 Å². The first kappa shape index (κ1) is 14.3. The predicted octanol–water partition coefficient (Wildman–Crippen LogP) is 2.20. The van der Waals surface area contributed by atoms with Gasteiger partial charge in [-0.15, -0.1) is 0 Å². The van der Waals surface area contributed by atoms with Gasteiger partial charge in [0, 0.05) is 5.56 Å². The molecule has 4 nitrogen and oxygen atoms in total. The monoisotopic (exact) mass is 333 g/mol. The summed E-state index contributed by atoms with van der Waals surface area (Å²) < 4.78 is 6.29. The number of carbonyl (C=O) groups excluding carboxylic acids is 2. The number of hydrogen-bond donors (Lipinski definition) is 0. The molecule has 0 unspecified atom stereocenters. The topological polar surface area (TPSA) is 66.4 Å². The highest BCUT2D eigenvalue weighted by Gasteiger charge is 2.03. The minimum Gasteiger partial charge on any atom is -0.545 e. The van der Waals surface area contributed by atoms with Crippen LogP contribution in [0.25, 0.3) is 0 Å². The second kappa shape index (κ2) is 6.34. The average molecular weight is 334 g/mol. The van der Waals surface area contributed by atoms with Gasteiger partial charge in [0.1, 0.15) is 18.6 Å². The quantitative estimate of drug-likeness (QED) is 0.787. The largest absolute Gasteiger partial charge is 0.545 e. The Labute approximate surface area is 124 Å². The number of carboxylic acids is 1. The van der Waals surface area contributed by atoms with E-state index in [-0.39, 0.29) is 5.56 Å². The highest BCUT2D eigenvalue weighted by Crippen LogP contribution is 2.26. The lowest BCUT2D eigenvalue weighted by Gasteiger charge is -2.09. The number of halogens is 1. The van der Waals surface area contributed by atoms with Crippen LogP contribution in [0.5, 0.6) is 5.75 Å². The Kier molecular flexibility index (Phi) is 4.53. The van der Waals surface area contributed by atoms with Crippen molar-refractivity contribution in [3.8, 4) is 5.75 Å². The Morgan fingerprint density at radius 3 is 2.45 bits per heavy atom. The number of ether oxygens (including phenoxy) is 1. The van der Waals surface area contributed by atoms with E-state index >= 15 is 0 Å². The molecule has 0 bridgehead atoms. The summed E-state index contributed by atoms with van der Waals surface area (Å²) >= 11 is 3.32. The van der Waals surface area contributed by atoms with Crippen LogP contribution in [0.15, 0.2) is 46.9 Å². The molecule has 0 fully saturated rings. The number of aldehydes is 1. The molecule has 102 valence electrons. The summed E-state index contributed by atoms with van der Waals surface area (Å²) in [6.45, 7) is 0.298. The van der Waals surface area contributed by atoms with Crippen molar-refractivity contribution in [2.45, 2.75) is 6.61 Å². The normalized spacial score (nSPS) is 10.1. The lowest BCUT2D eigenvalue weighted by molar-refractivity contribution is -0.255. The molecule has 0 N–H and O–H groups in total. The van der Waals surface area contributed by atoms with Crippen LogP contribution >= 0.6 is 15.9 Å². The SMILES string of the molecule is O=Cc1ccc(OCc2ccc(C(=O)[O-])cc2)c(Br)c1. The van der Waals surface area contributed by atoms with Crippen LogP contribution in [-0.2, 0) is 6.61 Å². The molecule has 0 aliphatic rings. The third-order valence-corrected chi connectivity index (χ3v) is 3.30. The van der Waals surface area contributed by atoms with E-state index < -0.39 is 5.97 Å². The van der Waals surface area contributed by atoms with E-state index in [1.54, 1.807) is 30.3 Å². The van der Waals surface area contributed by atoms with Crippen molar-refractivity contribution < 1.29 is 19.4 Å². The minimum atomic E-state index is -1.20. The molecular formula is C15H10BrO4-. The Hall–Kier alpha value is -2.14. The summed E-state index contributed by atoms with van der Waals surface area (Å²) in [5.74, 6) is -0.593. The van der Waals surface area contributed by atoms with Gasteiger partial charge in [-0.2, -0.15) is 0 Å². The molecule has 0 aliphatic carbocycles. The molecule has 2 rings (SSSR count). The molecule has 5 heteroatoms. The van der Waals surface area contributed by atoms with E-state index in [9.17, 15) is 14.7 Å². The summed E-state index contributed by atoms with van der Waals surface area (Å²) in [5, 5.41) is 10.6. The van der Waals surface area contributed by atoms with Gasteiger partial charge in [-0.25, -0.2) is 0 Å². The number of hydrogen-bond acceptors (Lipinski definition) is 4. The molecule has 2 aromatic carbocycles. The second-order valence-corrected chi connectivity index (χ2v) is 4.94. The predicted molar refractivity (Wildman–Crippen MR) is 74.6 cm³/mol. The molecule has 20 heavy (non-hydrogen) atoms. The van der Waals surface area contributed by atoms with Crippen LogP contribution in [0.3, 0.4) is 0 Å². The van der Waals surface area contributed by atoms with Crippen LogP contribution in [0, 0.1) is 0 Å². The van der Waals surface area contributed by atoms with Crippen molar-refractivity contribution in [1.82, 2.24) is 0 Å².